The first kappa shape index (κ1) is 12.9. The lowest BCUT2D eigenvalue weighted by atomic mass is 10.2. The minimum absolute atomic E-state index is 0.170. The Morgan fingerprint density at radius 3 is 3.00 bits per heavy atom. The van der Waals surface area contributed by atoms with Gasteiger partial charge in [-0.2, -0.15) is 5.10 Å². The second kappa shape index (κ2) is 5.09. The number of aryl methyl sites for hydroxylation is 1. The SMILES string of the molecule is CCCn1nccc1C(O)c1cc2cccc(F)c2o1. The zero-order valence-corrected chi connectivity index (χ0v) is 11.1. The molecule has 3 rings (SSSR count). The lowest BCUT2D eigenvalue weighted by Crippen LogP contribution is -2.09. The molecule has 0 fully saturated rings. The topological polar surface area (TPSA) is 51.2 Å². The number of nitrogens with zero attached hydrogens (tertiary/aromatic N) is 2. The van der Waals surface area contributed by atoms with Crippen molar-refractivity contribution in [2.45, 2.75) is 26.0 Å². The largest absolute Gasteiger partial charge is 0.455 e. The fourth-order valence-electron chi connectivity index (χ4n) is 2.30. The maximum absolute atomic E-state index is 13.6. The van der Waals surface area contributed by atoms with E-state index in [2.05, 4.69) is 5.10 Å². The van der Waals surface area contributed by atoms with Crippen molar-refractivity contribution in [1.29, 1.82) is 0 Å². The first-order valence-electron chi connectivity index (χ1n) is 6.58. The molecule has 104 valence electrons. The predicted octanol–water partition coefficient (Wildman–Crippen LogP) is 3.26. The number of rotatable bonds is 4. The normalized spacial score (nSPS) is 12.9. The number of fused-ring (bicyclic) bond motifs is 1. The van der Waals surface area contributed by atoms with Crippen molar-refractivity contribution in [2.24, 2.45) is 0 Å². The van der Waals surface area contributed by atoms with E-state index in [1.54, 1.807) is 35.1 Å². The van der Waals surface area contributed by atoms with Gasteiger partial charge in [0.15, 0.2) is 17.5 Å². The molecule has 0 aliphatic carbocycles. The second-order valence-corrected chi connectivity index (χ2v) is 4.69. The molecule has 20 heavy (non-hydrogen) atoms. The summed E-state index contributed by atoms with van der Waals surface area (Å²) in [5.74, 6) is -0.106. The molecule has 5 heteroatoms. The Labute approximate surface area is 115 Å². The van der Waals surface area contributed by atoms with E-state index < -0.39 is 11.9 Å². The first-order chi connectivity index (χ1) is 9.70. The second-order valence-electron chi connectivity index (χ2n) is 4.69. The molecule has 2 aromatic heterocycles. The molecule has 0 aliphatic rings. The number of benzene rings is 1. The molecule has 0 radical (unpaired) electrons. The van der Waals surface area contributed by atoms with Gasteiger partial charge in [0, 0.05) is 18.1 Å². The van der Waals surface area contributed by atoms with Gasteiger partial charge in [-0.05, 0) is 24.6 Å². The number of para-hydroxylation sites is 1. The molecule has 1 N–H and O–H groups in total. The number of furan rings is 1. The molecular formula is C15H15FN2O2. The Kier molecular flexibility index (Phi) is 3.28. The van der Waals surface area contributed by atoms with Crippen LogP contribution in [0.25, 0.3) is 11.0 Å². The van der Waals surface area contributed by atoms with Crippen LogP contribution >= 0.6 is 0 Å². The van der Waals surface area contributed by atoms with E-state index in [4.69, 9.17) is 4.42 Å². The van der Waals surface area contributed by atoms with Gasteiger partial charge in [0.25, 0.3) is 0 Å². The van der Waals surface area contributed by atoms with Crippen molar-refractivity contribution in [3.05, 3.63) is 53.8 Å². The van der Waals surface area contributed by atoms with Gasteiger partial charge in [-0.25, -0.2) is 4.39 Å². The number of halogens is 1. The predicted molar refractivity (Wildman–Crippen MR) is 72.8 cm³/mol. The molecule has 0 saturated carbocycles. The lowest BCUT2D eigenvalue weighted by molar-refractivity contribution is 0.180. The average Bonchev–Trinajstić information content (AvgIpc) is 3.05. The van der Waals surface area contributed by atoms with E-state index in [1.807, 2.05) is 6.92 Å². The van der Waals surface area contributed by atoms with Crippen LogP contribution in [0.15, 0.2) is 40.9 Å². The van der Waals surface area contributed by atoms with Crippen LogP contribution in [0.5, 0.6) is 0 Å². The number of hydrogen-bond acceptors (Lipinski definition) is 3. The standard InChI is InChI=1S/C15H15FN2O2/c1-2-8-18-12(6-7-17-18)14(19)13-9-10-4-3-5-11(16)15(10)20-13/h3-7,9,14,19H,2,8H2,1H3. The summed E-state index contributed by atoms with van der Waals surface area (Å²) in [4.78, 5) is 0. The minimum Gasteiger partial charge on any atom is -0.455 e. The van der Waals surface area contributed by atoms with Gasteiger partial charge in [-0.3, -0.25) is 4.68 Å². The van der Waals surface area contributed by atoms with Crippen LogP contribution in [-0.4, -0.2) is 14.9 Å². The van der Waals surface area contributed by atoms with Gasteiger partial charge in [0.1, 0.15) is 5.76 Å². The summed E-state index contributed by atoms with van der Waals surface area (Å²) < 4.78 is 20.8. The smallest absolute Gasteiger partial charge is 0.170 e. The maximum Gasteiger partial charge on any atom is 0.170 e. The van der Waals surface area contributed by atoms with E-state index in [0.29, 0.717) is 23.4 Å². The summed E-state index contributed by atoms with van der Waals surface area (Å²) in [6.45, 7) is 2.75. The first-order valence-corrected chi connectivity index (χ1v) is 6.58. The molecule has 4 nitrogen and oxygen atoms in total. The van der Waals surface area contributed by atoms with E-state index in [0.717, 1.165) is 6.42 Å². The molecule has 0 amide bonds. The summed E-state index contributed by atoms with van der Waals surface area (Å²) >= 11 is 0. The van der Waals surface area contributed by atoms with Crippen molar-refractivity contribution in [3.63, 3.8) is 0 Å². The molecule has 1 aromatic carbocycles. The van der Waals surface area contributed by atoms with Crippen molar-refractivity contribution < 1.29 is 13.9 Å². The van der Waals surface area contributed by atoms with Gasteiger partial charge in [-0.15, -0.1) is 0 Å². The summed E-state index contributed by atoms with van der Waals surface area (Å²) in [6, 6.07) is 8.10. The highest BCUT2D eigenvalue weighted by Crippen LogP contribution is 2.29. The van der Waals surface area contributed by atoms with Crippen molar-refractivity contribution >= 4 is 11.0 Å². The van der Waals surface area contributed by atoms with Crippen molar-refractivity contribution in [3.8, 4) is 0 Å². The van der Waals surface area contributed by atoms with E-state index in [1.165, 1.54) is 6.07 Å². The van der Waals surface area contributed by atoms with Gasteiger partial charge < -0.3 is 9.52 Å². The van der Waals surface area contributed by atoms with E-state index >= 15 is 0 Å². The molecule has 1 unspecified atom stereocenters. The van der Waals surface area contributed by atoms with Gasteiger partial charge in [0.2, 0.25) is 0 Å². The Morgan fingerprint density at radius 2 is 2.25 bits per heavy atom. The molecule has 0 spiro atoms. The monoisotopic (exact) mass is 274 g/mol. The third-order valence-electron chi connectivity index (χ3n) is 3.25. The van der Waals surface area contributed by atoms with Crippen LogP contribution in [0.4, 0.5) is 4.39 Å². The average molecular weight is 274 g/mol. The van der Waals surface area contributed by atoms with Crippen LogP contribution in [0.2, 0.25) is 0 Å². The summed E-state index contributed by atoms with van der Waals surface area (Å²) in [5.41, 5.74) is 0.814. The highest BCUT2D eigenvalue weighted by atomic mass is 19.1. The summed E-state index contributed by atoms with van der Waals surface area (Å²) in [6.07, 6.45) is 1.60. The van der Waals surface area contributed by atoms with Gasteiger partial charge in [0.05, 0.1) is 5.69 Å². The number of aliphatic hydroxyl groups excluding tert-OH is 1. The van der Waals surface area contributed by atoms with E-state index in [9.17, 15) is 9.50 Å². The molecular weight excluding hydrogens is 259 g/mol. The van der Waals surface area contributed by atoms with Gasteiger partial charge >= 0.3 is 0 Å². The molecule has 3 aromatic rings. The molecule has 2 heterocycles. The Hall–Kier alpha value is -2.14. The van der Waals surface area contributed by atoms with Gasteiger partial charge in [-0.1, -0.05) is 19.1 Å². The third-order valence-corrected chi connectivity index (χ3v) is 3.25. The highest BCUT2D eigenvalue weighted by Gasteiger charge is 2.20. The van der Waals surface area contributed by atoms with Crippen LogP contribution in [0, 0.1) is 5.82 Å². The van der Waals surface area contributed by atoms with Crippen LogP contribution in [-0.2, 0) is 6.54 Å². The van der Waals surface area contributed by atoms with Crippen LogP contribution < -0.4 is 0 Å². The number of aliphatic hydroxyl groups is 1. The Bertz CT molecular complexity index is 732. The summed E-state index contributed by atoms with van der Waals surface area (Å²) in [7, 11) is 0. The fraction of sp³-hybridized carbons (Fsp3) is 0.267. The fourth-order valence-corrected chi connectivity index (χ4v) is 2.30. The highest BCUT2D eigenvalue weighted by molar-refractivity contribution is 5.78. The van der Waals surface area contributed by atoms with Crippen LogP contribution in [0.3, 0.4) is 0 Å². The minimum atomic E-state index is -0.948. The van der Waals surface area contributed by atoms with Crippen LogP contribution in [0.1, 0.15) is 30.9 Å². The molecule has 0 bridgehead atoms. The Balaban J connectivity index is 2.01. The third kappa shape index (κ3) is 2.10. The lowest BCUT2D eigenvalue weighted by Gasteiger charge is -2.10. The summed E-state index contributed by atoms with van der Waals surface area (Å²) in [5, 5.41) is 15.2. The number of hydrogen-bond donors (Lipinski definition) is 1. The maximum atomic E-state index is 13.6. The molecule has 0 saturated heterocycles. The number of aromatic nitrogens is 2. The zero-order chi connectivity index (χ0) is 14.1. The molecule has 1 atom stereocenters. The van der Waals surface area contributed by atoms with Crippen molar-refractivity contribution in [1.82, 2.24) is 9.78 Å². The van der Waals surface area contributed by atoms with Crippen molar-refractivity contribution in [2.75, 3.05) is 0 Å². The quantitative estimate of drug-likeness (QED) is 0.794. The Morgan fingerprint density at radius 1 is 1.40 bits per heavy atom. The van der Waals surface area contributed by atoms with E-state index in [-0.39, 0.29) is 5.58 Å². The molecule has 0 aliphatic heterocycles. The zero-order valence-electron chi connectivity index (χ0n) is 11.1.